The summed E-state index contributed by atoms with van der Waals surface area (Å²) in [5.41, 5.74) is 1.83. The maximum absolute atomic E-state index is 12.4. The number of carbonyl (C=O) groups is 2. The number of aromatic hydroxyl groups is 1. The molecule has 28 heavy (non-hydrogen) atoms. The molecule has 2 rings (SSSR count). The third-order valence-electron chi connectivity index (χ3n) is 3.83. The summed E-state index contributed by atoms with van der Waals surface area (Å²) in [6.07, 6.45) is -0.688. The molecule has 0 aliphatic rings. The van der Waals surface area contributed by atoms with Gasteiger partial charge in [0.1, 0.15) is 11.9 Å². The van der Waals surface area contributed by atoms with E-state index >= 15 is 0 Å². The van der Waals surface area contributed by atoms with E-state index in [1.54, 1.807) is 24.3 Å². The number of phenolic OH excluding ortho intramolecular Hbond substituents is 1. The fourth-order valence-electron chi connectivity index (χ4n) is 2.44. The van der Waals surface area contributed by atoms with Crippen molar-refractivity contribution < 1.29 is 29.3 Å². The van der Waals surface area contributed by atoms with E-state index in [1.165, 1.54) is 19.3 Å². The molecule has 0 unspecified atom stereocenters. The zero-order chi connectivity index (χ0) is 20.7. The predicted molar refractivity (Wildman–Crippen MR) is 107 cm³/mol. The number of amides is 1. The van der Waals surface area contributed by atoms with Crippen molar-refractivity contribution in [2.45, 2.75) is 19.1 Å². The second kappa shape index (κ2) is 9.91. The molecule has 0 radical (unpaired) electrons. The molecule has 3 N–H and O–H groups in total. The molecule has 0 aliphatic carbocycles. The lowest BCUT2D eigenvalue weighted by Gasteiger charge is -2.25. The predicted octanol–water partition coefficient (Wildman–Crippen LogP) is 4.41. The molecule has 0 bridgehead atoms. The van der Waals surface area contributed by atoms with Crippen molar-refractivity contribution in [1.82, 2.24) is 0 Å². The number of carboxylic acids is 1. The van der Waals surface area contributed by atoms with Gasteiger partial charge in [0.2, 0.25) is 0 Å². The number of hydrogen-bond acceptors (Lipinski definition) is 5. The van der Waals surface area contributed by atoms with Crippen LogP contribution in [0.3, 0.4) is 0 Å². The number of anilines is 1. The summed E-state index contributed by atoms with van der Waals surface area (Å²) in [7, 11) is 1.35. The van der Waals surface area contributed by atoms with Crippen LogP contribution in [0.5, 0.6) is 5.75 Å². The third-order valence-corrected chi connectivity index (χ3v) is 4.32. The van der Waals surface area contributed by atoms with Crippen LogP contribution in [0.15, 0.2) is 59.1 Å². The number of hydrogen-bond donors (Lipinski definition) is 3. The molecule has 0 saturated heterocycles. The Bertz CT molecular complexity index is 865. The number of aliphatic carboxylic acids is 1. The first-order valence-corrected chi connectivity index (χ1v) is 9.06. The zero-order valence-electron chi connectivity index (χ0n) is 15.3. The number of benzene rings is 2. The number of ether oxygens (including phenoxy) is 2. The molecule has 2 aromatic carbocycles. The van der Waals surface area contributed by atoms with E-state index in [0.717, 1.165) is 11.6 Å². The number of phenols is 1. The van der Waals surface area contributed by atoms with Gasteiger partial charge in [-0.15, -0.1) is 0 Å². The molecule has 0 aromatic heterocycles. The standard InChI is InChI=1S/C20H20BrNO6/c1-12-3-6-14(7-4-12)22-20(26)28-19(17(27-2)9-10-18(24)25)15-11-13(21)5-8-16(15)23/h3-11,17,19,23H,1-2H3,(H,22,26)(H,24,25)/b10-9+/t17-,19-/m1/s1. The Morgan fingerprint density at radius 3 is 2.46 bits per heavy atom. The molecule has 0 aliphatic heterocycles. The van der Waals surface area contributed by atoms with Gasteiger partial charge in [-0.1, -0.05) is 33.6 Å². The molecule has 8 heteroatoms. The topological polar surface area (TPSA) is 105 Å². The highest BCUT2D eigenvalue weighted by Gasteiger charge is 2.28. The Labute approximate surface area is 170 Å². The van der Waals surface area contributed by atoms with Crippen molar-refractivity contribution in [2.24, 2.45) is 0 Å². The minimum atomic E-state index is -1.18. The number of methoxy groups -OCH3 is 1. The summed E-state index contributed by atoms with van der Waals surface area (Å²) in [5.74, 6) is -1.30. The van der Waals surface area contributed by atoms with Gasteiger partial charge < -0.3 is 19.7 Å². The van der Waals surface area contributed by atoms with E-state index in [0.29, 0.717) is 10.2 Å². The van der Waals surface area contributed by atoms with Crippen molar-refractivity contribution in [3.05, 3.63) is 70.2 Å². The first-order valence-electron chi connectivity index (χ1n) is 8.26. The van der Waals surface area contributed by atoms with Crippen molar-refractivity contribution in [1.29, 1.82) is 0 Å². The van der Waals surface area contributed by atoms with E-state index in [9.17, 15) is 14.7 Å². The van der Waals surface area contributed by atoms with Crippen LogP contribution in [-0.4, -0.2) is 35.5 Å². The number of rotatable bonds is 7. The first-order chi connectivity index (χ1) is 13.3. The van der Waals surface area contributed by atoms with Gasteiger partial charge in [0.05, 0.1) is 0 Å². The monoisotopic (exact) mass is 449 g/mol. The second-order valence-corrected chi connectivity index (χ2v) is 6.83. The fraction of sp³-hybridized carbons (Fsp3) is 0.200. The largest absolute Gasteiger partial charge is 0.508 e. The number of halogens is 1. The van der Waals surface area contributed by atoms with E-state index in [-0.39, 0.29) is 11.3 Å². The van der Waals surface area contributed by atoms with Crippen LogP contribution in [0.25, 0.3) is 0 Å². The van der Waals surface area contributed by atoms with E-state index in [2.05, 4.69) is 21.2 Å². The second-order valence-electron chi connectivity index (χ2n) is 5.92. The van der Waals surface area contributed by atoms with Crippen molar-refractivity contribution >= 4 is 33.7 Å². The van der Waals surface area contributed by atoms with Gasteiger partial charge in [0, 0.05) is 28.9 Å². The minimum absolute atomic E-state index is 0.123. The Morgan fingerprint density at radius 2 is 1.86 bits per heavy atom. The third kappa shape index (κ3) is 6.11. The molecular formula is C20H20BrNO6. The lowest BCUT2D eigenvalue weighted by molar-refractivity contribution is -0.131. The summed E-state index contributed by atoms with van der Waals surface area (Å²) >= 11 is 3.30. The normalized spacial score (nSPS) is 13.1. The zero-order valence-corrected chi connectivity index (χ0v) is 16.8. The summed E-state index contributed by atoms with van der Waals surface area (Å²) < 4.78 is 11.4. The first kappa shape index (κ1) is 21.5. The lowest BCUT2D eigenvalue weighted by Crippen LogP contribution is -2.27. The molecule has 148 valence electrons. The lowest BCUT2D eigenvalue weighted by atomic mass is 10.0. The molecule has 1 amide bonds. The Morgan fingerprint density at radius 1 is 1.18 bits per heavy atom. The quantitative estimate of drug-likeness (QED) is 0.540. The SMILES string of the molecule is CO[C@H](/C=C/C(=O)O)[C@H](OC(=O)Nc1ccc(C)cc1)c1cc(Br)ccc1O. The Hall–Kier alpha value is -2.84. The van der Waals surface area contributed by atoms with Crippen LogP contribution in [-0.2, 0) is 14.3 Å². The molecule has 0 spiro atoms. The highest BCUT2D eigenvalue weighted by molar-refractivity contribution is 9.10. The van der Waals surface area contributed by atoms with E-state index in [1.807, 2.05) is 19.1 Å². The van der Waals surface area contributed by atoms with Gasteiger partial charge in [-0.3, -0.25) is 5.32 Å². The van der Waals surface area contributed by atoms with Gasteiger partial charge in [-0.25, -0.2) is 9.59 Å². The van der Waals surface area contributed by atoms with Crippen molar-refractivity contribution in [2.75, 3.05) is 12.4 Å². The highest BCUT2D eigenvalue weighted by Crippen LogP contribution is 2.34. The summed E-state index contributed by atoms with van der Waals surface area (Å²) in [6.45, 7) is 1.92. The summed E-state index contributed by atoms with van der Waals surface area (Å²) in [5, 5.41) is 21.7. The smallest absolute Gasteiger partial charge is 0.412 e. The summed E-state index contributed by atoms with van der Waals surface area (Å²) in [4.78, 5) is 23.3. The van der Waals surface area contributed by atoms with Gasteiger partial charge in [0.25, 0.3) is 0 Å². The maximum Gasteiger partial charge on any atom is 0.412 e. The van der Waals surface area contributed by atoms with Gasteiger partial charge in [0.15, 0.2) is 6.10 Å². The van der Waals surface area contributed by atoms with E-state index in [4.69, 9.17) is 14.6 Å². The molecule has 0 saturated carbocycles. The number of nitrogens with one attached hydrogen (secondary N) is 1. The van der Waals surface area contributed by atoms with Crippen molar-refractivity contribution in [3.8, 4) is 5.75 Å². The number of carbonyl (C=O) groups excluding carboxylic acids is 1. The van der Waals surface area contributed by atoms with E-state index < -0.39 is 24.3 Å². The Kier molecular flexibility index (Phi) is 7.60. The average molecular weight is 450 g/mol. The van der Waals surface area contributed by atoms with Crippen LogP contribution >= 0.6 is 15.9 Å². The molecule has 7 nitrogen and oxygen atoms in total. The summed E-state index contributed by atoms with van der Waals surface area (Å²) in [6, 6.07) is 11.7. The van der Waals surface area contributed by atoms with Crippen LogP contribution in [0.2, 0.25) is 0 Å². The average Bonchev–Trinajstić information content (AvgIpc) is 2.65. The van der Waals surface area contributed by atoms with Gasteiger partial charge in [-0.2, -0.15) is 0 Å². The minimum Gasteiger partial charge on any atom is -0.508 e. The number of carboxylic acid groups (broad SMARTS) is 1. The molecule has 0 fully saturated rings. The van der Waals surface area contributed by atoms with Gasteiger partial charge >= 0.3 is 12.1 Å². The fourth-order valence-corrected chi connectivity index (χ4v) is 2.82. The maximum atomic E-state index is 12.4. The Balaban J connectivity index is 2.31. The van der Waals surface area contributed by atoms with Crippen LogP contribution in [0.1, 0.15) is 17.2 Å². The molecule has 2 aromatic rings. The highest BCUT2D eigenvalue weighted by atomic mass is 79.9. The van der Waals surface area contributed by atoms with Crippen LogP contribution < -0.4 is 5.32 Å². The van der Waals surface area contributed by atoms with Crippen molar-refractivity contribution in [3.63, 3.8) is 0 Å². The number of aryl methyl sites for hydroxylation is 1. The van der Waals surface area contributed by atoms with Crippen LogP contribution in [0, 0.1) is 6.92 Å². The van der Waals surface area contributed by atoms with Crippen LogP contribution in [0.4, 0.5) is 10.5 Å². The van der Waals surface area contributed by atoms with Gasteiger partial charge in [-0.05, 0) is 43.3 Å². The molecule has 0 heterocycles. The molecule has 2 atom stereocenters. The molecular weight excluding hydrogens is 430 g/mol.